The summed E-state index contributed by atoms with van der Waals surface area (Å²) in [5, 5.41) is 1.95. The average Bonchev–Trinajstić information content (AvgIpc) is 3.19. The summed E-state index contributed by atoms with van der Waals surface area (Å²) in [6.07, 6.45) is 0. The molecule has 0 unspecified atom stereocenters. The Morgan fingerprint density at radius 1 is 1.10 bits per heavy atom. The van der Waals surface area contributed by atoms with Crippen molar-refractivity contribution in [3.05, 3.63) is 91.2 Å². The zero-order chi connectivity index (χ0) is 20.5. The fourth-order valence-electron chi connectivity index (χ4n) is 3.17. The second-order valence-corrected chi connectivity index (χ2v) is 7.59. The molecule has 2 aromatic carbocycles. The molecule has 4 rings (SSSR count). The van der Waals surface area contributed by atoms with Gasteiger partial charge >= 0.3 is 5.69 Å². The Morgan fingerprint density at radius 3 is 2.55 bits per heavy atom. The number of hydrogen-bond acceptors (Lipinski definition) is 4. The van der Waals surface area contributed by atoms with Crippen LogP contribution in [0.15, 0.2) is 63.5 Å². The van der Waals surface area contributed by atoms with Crippen molar-refractivity contribution in [2.45, 2.75) is 13.5 Å². The van der Waals surface area contributed by atoms with Crippen LogP contribution in [0.5, 0.6) is 5.75 Å². The standard InChI is InChI=1S/C21H16ClFN2O3S/c1-2-28-14-8-6-13(7-9-14)25-20(26)19-18(10-11-29-19)24(21(25)27)12-15-16(22)4-3-5-17(15)23/h3-11H,2,12H2,1H3. The maximum atomic E-state index is 14.3. The lowest BCUT2D eigenvalue weighted by Crippen LogP contribution is -2.38. The summed E-state index contributed by atoms with van der Waals surface area (Å²) in [4.78, 5) is 26.3. The smallest absolute Gasteiger partial charge is 0.336 e. The number of benzene rings is 2. The van der Waals surface area contributed by atoms with Gasteiger partial charge in [-0.05, 0) is 54.8 Å². The first-order valence-corrected chi connectivity index (χ1v) is 10.2. The minimum atomic E-state index is -0.565. The van der Waals surface area contributed by atoms with Gasteiger partial charge in [-0.25, -0.2) is 13.8 Å². The van der Waals surface area contributed by atoms with Crippen LogP contribution in [0.25, 0.3) is 15.9 Å². The highest BCUT2D eigenvalue weighted by Gasteiger charge is 2.18. The molecule has 0 saturated heterocycles. The van der Waals surface area contributed by atoms with E-state index in [0.717, 1.165) is 4.57 Å². The lowest BCUT2D eigenvalue weighted by atomic mass is 10.2. The van der Waals surface area contributed by atoms with E-state index in [4.69, 9.17) is 16.3 Å². The van der Waals surface area contributed by atoms with Crippen molar-refractivity contribution in [3.63, 3.8) is 0 Å². The van der Waals surface area contributed by atoms with Crippen LogP contribution in [-0.4, -0.2) is 15.7 Å². The molecule has 5 nitrogen and oxygen atoms in total. The second-order valence-electron chi connectivity index (χ2n) is 6.27. The Hall–Kier alpha value is -2.90. The zero-order valence-electron chi connectivity index (χ0n) is 15.4. The average molecular weight is 431 g/mol. The van der Waals surface area contributed by atoms with E-state index in [1.54, 1.807) is 41.8 Å². The third-order valence-corrected chi connectivity index (χ3v) is 5.78. The van der Waals surface area contributed by atoms with Crippen molar-refractivity contribution in [3.8, 4) is 11.4 Å². The molecule has 8 heteroatoms. The predicted octanol–water partition coefficient (Wildman–Crippen LogP) is 4.45. The summed E-state index contributed by atoms with van der Waals surface area (Å²) in [6.45, 7) is 2.29. The van der Waals surface area contributed by atoms with Gasteiger partial charge in [0.05, 0.1) is 24.4 Å². The summed E-state index contributed by atoms with van der Waals surface area (Å²) in [6, 6.07) is 12.7. The lowest BCUT2D eigenvalue weighted by molar-refractivity contribution is 0.340. The van der Waals surface area contributed by atoms with E-state index in [-0.39, 0.29) is 17.1 Å². The summed E-state index contributed by atoms with van der Waals surface area (Å²) in [5.41, 5.74) is 0.0729. The SMILES string of the molecule is CCOc1ccc(-n2c(=O)c3sccc3n(Cc3c(F)cccc3Cl)c2=O)cc1. The molecule has 0 aliphatic carbocycles. The Morgan fingerprint density at radius 2 is 1.86 bits per heavy atom. The van der Waals surface area contributed by atoms with E-state index in [2.05, 4.69) is 0 Å². The van der Waals surface area contributed by atoms with Gasteiger partial charge in [-0.15, -0.1) is 11.3 Å². The van der Waals surface area contributed by atoms with E-state index in [1.807, 2.05) is 6.92 Å². The predicted molar refractivity (Wildman–Crippen MR) is 113 cm³/mol. The number of ether oxygens (including phenoxy) is 1. The van der Waals surface area contributed by atoms with Crippen molar-refractivity contribution in [1.29, 1.82) is 0 Å². The van der Waals surface area contributed by atoms with Crippen molar-refractivity contribution in [2.75, 3.05) is 6.61 Å². The third kappa shape index (κ3) is 3.47. The maximum Gasteiger partial charge on any atom is 0.336 e. The summed E-state index contributed by atoms with van der Waals surface area (Å²) >= 11 is 7.39. The molecule has 4 aromatic rings. The molecule has 0 bridgehead atoms. The van der Waals surface area contributed by atoms with Gasteiger partial charge in [-0.2, -0.15) is 0 Å². The molecule has 0 radical (unpaired) electrons. The molecule has 0 amide bonds. The molecule has 0 atom stereocenters. The molecule has 2 aromatic heterocycles. The fraction of sp³-hybridized carbons (Fsp3) is 0.143. The number of fused-ring (bicyclic) bond motifs is 1. The van der Waals surface area contributed by atoms with Gasteiger partial charge in [-0.1, -0.05) is 17.7 Å². The van der Waals surface area contributed by atoms with E-state index in [1.165, 1.54) is 28.0 Å². The molecule has 148 valence electrons. The molecule has 0 aliphatic rings. The van der Waals surface area contributed by atoms with Crippen LogP contribution in [0, 0.1) is 5.82 Å². The maximum absolute atomic E-state index is 14.3. The highest BCUT2D eigenvalue weighted by molar-refractivity contribution is 7.17. The number of rotatable bonds is 5. The molecule has 29 heavy (non-hydrogen) atoms. The van der Waals surface area contributed by atoms with Gasteiger partial charge < -0.3 is 4.74 Å². The molecule has 0 fully saturated rings. The summed E-state index contributed by atoms with van der Waals surface area (Å²) < 4.78 is 22.6. The Labute approximate surface area is 174 Å². The first-order valence-electron chi connectivity index (χ1n) is 8.90. The fourth-order valence-corrected chi connectivity index (χ4v) is 4.21. The van der Waals surface area contributed by atoms with E-state index in [0.29, 0.717) is 28.3 Å². The minimum Gasteiger partial charge on any atom is -0.494 e. The normalized spacial score (nSPS) is 11.1. The highest BCUT2D eigenvalue weighted by atomic mass is 35.5. The van der Waals surface area contributed by atoms with Crippen LogP contribution in [0.3, 0.4) is 0 Å². The van der Waals surface area contributed by atoms with Crippen molar-refractivity contribution >= 4 is 33.2 Å². The molecular weight excluding hydrogens is 415 g/mol. The molecule has 2 heterocycles. The van der Waals surface area contributed by atoms with E-state index in [9.17, 15) is 14.0 Å². The minimum absolute atomic E-state index is 0.0884. The monoisotopic (exact) mass is 430 g/mol. The second kappa shape index (κ2) is 7.85. The topological polar surface area (TPSA) is 53.2 Å². The van der Waals surface area contributed by atoms with Crippen molar-refractivity contribution in [1.82, 2.24) is 9.13 Å². The highest BCUT2D eigenvalue weighted by Crippen LogP contribution is 2.23. The van der Waals surface area contributed by atoms with Gasteiger partial charge in [0.1, 0.15) is 16.3 Å². The quantitative estimate of drug-likeness (QED) is 0.470. The van der Waals surface area contributed by atoms with E-state index >= 15 is 0 Å². The largest absolute Gasteiger partial charge is 0.494 e. The number of aromatic nitrogens is 2. The number of nitrogens with zero attached hydrogens (tertiary/aromatic N) is 2. The first kappa shape index (κ1) is 19.4. The van der Waals surface area contributed by atoms with Gasteiger partial charge in [0, 0.05) is 10.6 Å². The number of hydrogen-bond donors (Lipinski definition) is 0. The van der Waals surface area contributed by atoms with Crippen LogP contribution in [0.2, 0.25) is 5.02 Å². The van der Waals surface area contributed by atoms with E-state index < -0.39 is 17.1 Å². The van der Waals surface area contributed by atoms with Crippen molar-refractivity contribution < 1.29 is 9.13 Å². The van der Waals surface area contributed by atoms with Crippen LogP contribution in [0.1, 0.15) is 12.5 Å². The lowest BCUT2D eigenvalue weighted by Gasteiger charge is -2.14. The van der Waals surface area contributed by atoms with Crippen LogP contribution in [-0.2, 0) is 6.54 Å². The summed E-state index contributed by atoms with van der Waals surface area (Å²) in [5.74, 6) is 0.131. The first-order chi connectivity index (χ1) is 14.0. The zero-order valence-corrected chi connectivity index (χ0v) is 17.0. The summed E-state index contributed by atoms with van der Waals surface area (Å²) in [7, 11) is 0. The van der Waals surface area contributed by atoms with Crippen LogP contribution >= 0.6 is 22.9 Å². The molecular formula is C21H16ClFN2O3S. The number of thiophene rings is 1. The molecule has 0 N–H and O–H groups in total. The Balaban J connectivity index is 1.93. The molecule has 0 saturated carbocycles. The van der Waals surface area contributed by atoms with Crippen LogP contribution < -0.4 is 16.0 Å². The van der Waals surface area contributed by atoms with Gasteiger partial charge in [0.2, 0.25) is 0 Å². The van der Waals surface area contributed by atoms with Gasteiger partial charge in [0.25, 0.3) is 5.56 Å². The van der Waals surface area contributed by atoms with Crippen molar-refractivity contribution in [2.24, 2.45) is 0 Å². The van der Waals surface area contributed by atoms with Crippen LogP contribution in [0.4, 0.5) is 4.39 Å². The Bertz CT molecular complexity index is 1290. The molecule has 0 aliphatic heterocycles. The third-order valence-electron chi connectivity index (χ3n) is 4.54. The Kier molecular flexibility index (Phi) is 5.25. The van der Waals surface area contributed by atoms with Gasteiger partial charge in [0.15, 0.2) is 0 Å². The molecule has 0 spiro atoms. The van der Waals surface area contributed by atoms with Gasteiger partial charge in [-0.3, -0.25) is 9.36 Å². The number of halogens is 2.